The van der Waals surface area contributed by atoms with E-state index in [1.54, 1.807) is 6.26 Å². The van der Waals surface area contributed by atoms with E-state index in [-0.39, 0.29) is 5.25 Å². The number of hydrogen-bond acceptors (Lipinski definition) is 3. The van der Waals surface area contributed by atoms with Gasteiger partial charge in [0, 0.05) is 33.9 Å². The summed E-state index contributed by atoms with van der Waals surface area (Å²) in [4.78, 5) is 0. The molecular weight excluding hydrogens is 270 g/mol. The van der Waals surface area contributed by atoms with Gasteiger partial charge in [0.25, 0.3) is 0 Å². The van der Waals surface area contributed by atoms with Crippen molar-refractivity contribution in [3.8, 4) is 5.75 Å². The predicted molar refractivity (Wildman–Crippen MR) is 84.8 cm³/mol. The van der Waals surface area contributed by atoms with Gasteiger partial charge in [-0.3, -0.25) is 4.21 Å². The monoisotopic (exact) mass is 295 g/mol. The van der Waals surface area contributed by atoms with Gasteiger partial charge >= 0.3 is 0 Å². The van der Waals surface area contributed by atoms with Crippen molar-refractivity contribution < 1.29 is 8.95 Å². The second-order valence-electron chi connectivity index (χ2n) is 5.59. The molecule has 0 bridgehead atoms. The normalized spacial score (nSPS) is 21.4. The molecule has 0 aliphatic carbocycles. The van der Waals surface area contributed by atoms with E-state index in [1.807, 2.05) is 6.92 Å². The number of nitrogens with one attached hydrogen (secondary N) is 1. The lowest BCUT2D eigenvalue weighted by Crippen LogP contribution is -2.25. The molecule has 20 heavy (non-hydrogen) atoms. The molecule has 2 rings (SSSR count). The molecule has 0 aromatic heterocycles. The molecule has 0 spiro atoms. The second kappa shape index (κ2) is 7.23. The maximum atomic E-state index is 11.4. The van der Waals surface area contributed by atoms with Crippen LogP contribution in [0.1, 0.15) is 43.4 Å². The molecule has 1 aliphatic heterocycles. The summed E-state index contributed by atoms with van der Waals surface area (Å²) in [5.41, 5.74) is 2.48. The summed E-state index contributed by atoms with van der Waals surface area (Å²) < 4.78 is 17.3. The molecule has 0 radical (unpaired) electrons. The molecule has 0 saturated carbocycles. The number of ether oxygens (including phenoxy) is 1. The zero-order valence-corrected chi connectivity index (χ0v) is 13.5. The number of rotatable bonds is 5. The van der Waals surface area contributed by atoms with Gasteiger partial charge in [-0.25, -0.2) is 0 Å². The molecule has 1 heterocycles. The highest BCUT2D eigenvalue weighted by atomic mass is 32.2. The summed E-state index contributed by atoms with van der Waals surface area (Å²) in [5.74, 6) is 1.05. The Kier molecular flexibility index (Phi) is 5.61. The van der Waals surface area contributed by atoms with Crippen LogP contribution in [0.3, 0.4) is 0 Å². The fourth-order valence-electron chi connectivity index (χ4n) is 2.60. The van der Waals surface area contributed by atoms with Crippen molar-refractivity contribution in [3.63, 3.8) is 0 Å². The lowest BCUT2D eigenvalue weighted by Gasteiger charge is -2.20. The number of para-hydroxylation sites is 1. The fraction of sp³-hybridized carbons (Fsp3) is 0.625. The Morgan fingerprint density at radius 3 is 3.05 bits per heavy atom. The van der Waals surface area contributed by atoms with Crippen LogP contribution in [-0.4, -0.2) is 28.9 Å². The summed E-state index contributed by atoms with van der Waals surface area (Å²) in [5, 5.41) is 3.87. The molecule has 0 fully saturated rings. The first-order valence-corrected chi connectivity index (χ1v) is 8.99. The zero-order chi connectivity index (χ0) is 14.5. The quantitative estimate of drug-likeness (QED) is 0.907. The summed E-state index contributed by atoms with van der Waals surface area (Å²) in [6.07, 6.45) is 4.89. The Bertz CT molecular complexity index is 476. The van der Waals surface area contributed by atoms with Crippen LogP contribution in [0.15, 0.2) is 18.2 Å². The molecule has 4 heteroatoms. The van der Waals surface area contributed by atoms with Crippen molar-refractivity contribution in [3.05, 3.63) is 29.3 Å². The standard InChI is InChI=1S/C16H25NO2S/c1-12-6-4-7-14-15(8-5-11-19-16(12)14)17-10-9-13(2)20(3)18/h4,6-7,13,15,17H,5,8-11H2,1-3H3. The van der Waals surface area contributed by atoms with Gasteiger partial charge in [-0.2, -0.15) is 0 Å². The highest BCUT2D eigenvalue weighted by Crippen LogP contribution is 2.33. The SMILES string of the molecule is Cc1cccc2c1OCCCC2NCCC(C)S(C)=O. The number of aryl methyl sites for hydroxylation is 1. The zero-order valence-electron chi connectivity index (χ0n) is 12.6. The molecular formula is C16H25NO2S. The summed E-state index contributed by atoms with van der Waals surface area (Å²) in [6.45, 7) is 5.85. The van der Waals surface area contributed by atoms with Crippen molar-refractivity contribution in [2.45, 2.75) is 44.4 Å². The van der Waals surface area contributed by atoms with Gasteiger partial charge in [-0.1, -0.05) is 25.1 Å². The van der Waals surface area contributed by atoms with Crippen LogP contribution in [-0.2, 0) is 10.8 Å². The predicted octanol–water partition coefficient (Wildman–Crippen LogP) is 2.96. The Balaban J connectivity index is 2.02. The smallest absolute Gasteiger partial charge is 0.126 e. The molecule has 0 amide bonds. The van der Waals surface area contributed by atoms with Crippen molar-refractivity contribution in [1.82, 2.24) is 5.32 Å². The Morgan fingerprint density at radius 2 is 2.30 bits per heavy atom. The van der Waals surface area contributed by atoms with Crippen LogP contribution in [0.5, 0.6) is 5.75 Å². The molecule has 3 atom stereocenters. The topological polar surface area (TPSA) is 38.3 Å². The first kappa shape index (κ1) is 15.5. The van der Waals surface area contributed by atoms with Gasteiger partial charge in [0.15, 0.2) is 0 Å². The van der Waals surface area contributed by atoms with Gasteiger partial charge in [0.1, 0.15) is 5.75 Å². The van der Waals surface area contributed by atoms with E-state index in [0.29, 0.717) is 6.04 Å². The van der Waals surface area contributed by atoms with E-state index >= 15 is 0 Å². The van der Waals surface area contributed by atoms with Gasteiger partial charge in [0.2, 0.25) is 0 Å². The number of benzene rings is 1. The molecule has 3 unspecified atom stereocenters. The maximum Gasteiger partial charge on any atom is 0.126 e. The van der Waals surface area contributed by atoms with Crippen LogP contribution >= 0.6 is 0 Å². The van der Waals surface area contributed by atoms with Gasteiger partial charge in [0.05, 0.1) is 6.61 Å². The lowest BCUT2D eigenvalue weighted by atomic mass is 9.99. The highest BCUT2D eigenvalue weighted by Gasteiger charge is 2.20. The average Bonchev–Trinajstić information content (AvgIpc) is 2.62. The Morgan fingerprint density at radius 1 is 1.50 bits per heavy atom. The van der Waals surface area contributed by atoms with E-state index in [4.69, 9.17) is 4.74 Å². The van der Waals surface area contributed by atoms with Crippen LogP contribution < -0.4 is 10.1 Å². The molecule has 0 saturated heterocycles. The third-order valence-corrected chi connectivity index (χ3v) is 5.38. The molecule has 1 aromatic carbocycles. The molecule has 1 aromatic rings. The summed E-state index contributed by atoms with van der Waals surface area (Å²) >= 11 is 0. The first-order valence-electron chi connectivity index (χ1n) is 7.37. The molecule has 3 nitrogen and oxygen atoms in total. The Labute approximate surface area is 124 Å². The van der Waals surface area contributed by atoms with E-state index in [9.17, 15) is 4.21 Å². The van der Waals surface area contributed by atoms with E-state index < -0.39 is 10.8 Å². The van der Waals surface area contributed by atoms with Crippen LogP contribution in [0, 0.1) is 6.92 Å². The van der Waals surface area contributed by atoms with E-state index in [2.05, 4.69) is 30.4 Å². The van der Waals surface area contributed by atoms with Crippen LogP contribution in [0.4, 0.5) is 0 Å². The summed E-state index contributed by atoms with van der Waals surface area (Å²) in [7, 11) is -0.734. The Hall–Kier alpha value is -0.870. The first-order chi connectivity index (χ1) is 9.59. The van der Waals surface area contributed by atoms with E-state index in [0.717, 1.165) is 38.2 Å². The molecule has 1 aliphatic rings. The number of fused-ring (bicyclic) bond motifs is 1. The minimum atomic E-state index is -0.734. The fourth-order valence-corrected chi connectivity index (χ4v) is 3.05. The third-order valence-electron chi connectivity index (χ3n) is 4.01. The van der Waals surface area contributed by atoms with Crippen LogP contribution in [0.2, 0.25) is 0 Å². The summed E-state index contributed by atoms with van der Waals surface area (Å²) in [6, 6.07) is 6.71. The van der Waals surface area contributed by atoms with Crippen LogP contribution in [0.25, 0.3) is 0 Å². The van der Waals surface area contributed by atoms with Crippen molar-refractivity contribution in [2.24, 2.45) is 0 Å². The van der Waals surface area contributed by atoms with Gasteiger partial charge < -0.3 is 10.1 Å². The highest BCUT2D eigenvalue weighted by molar-refractivity contribution is 7.84. The maximum absolute atomic E-state index is 11.4. The minimum Gasteiger partial charge on any atom is -0.493 e. The van der Waals surface area contributed by atoms with Gasteiger partial charge in [-0.15, -0.1) is 0 Å². The van der Waals surface area contributed by atoms with Crippen molar-refractivity contribution in [1.29, 1.82) is 0 Å². The second-order valence-corrected chi connectivity index (χ2v) is 7.39. The molecule has 1 N–H and O–H groups in total. The third kappa shape index (κ3) is 3.83. The lowest BCUT2D eigenvalue weighted by molar-refractivity contribution is 0.313. The average molecular weight is 295 g/mol. The van der Waals surface area contributed by atoms with Crippen molar-refractivity contribution in [2.75, 3.05) is 19.4 Å². The van der Waals surface area contributed by atoms with Gasteiger partial charge in [-0.05, 0) is 38.3 Å². The number of hydrogen-bond donors (Lipinski definition) is 1. The minimum absolute atomic E-state index is 0.251. The van der Waals surface area contributed by atoms with E-state index in [1.165, 1.54) is 11.1 Å². The largest absolute Gasteiger partial charge is 0.493 e. The van der Waals surface area contributed by atoms with Crippen molar-refractivity contribution >= 4 is 10.8 Å². The molecule has 112 valence electrons.